The van der Waals surface area contributed by atoms with Gasteiger partial charge in [-0.2, -0.15) is 0 Å². The van der Waals surface area contributed by atoms with E-state index in [1.54, 1.807) is 41.5 Å². The quantitative estimate of drug-likeness (QED) is 0.0259. The largest absolute Gasteiger partial charge is 0.394 e. The zero-order valence-electron chi connectivity index (χ0n) is 67.5. The molecule has 2 fully saturated rings. The molecule has 2 aliphatic rings. The lowest BCUT2D eigenvalue weighted by Crippen LogP contribution is -2.66. The second kappa shape index (κ2) is 41.1. The minimum absolute atomic E-state index is 0.0397. The van der Waals surface area contributed by atoms with Gasteiger partial charge in [0.2, 0.25) is 94.5 Å². The second-order valence-electron chi connectivity index (χ2n) is 32.3. The first kappa shape index (κ1) is 98.3. The number of β-amino-alcohol motifs (C(OH)–C–C–N with tert-alkyl or cyclic N) is 2. The van der Waals surface area contributed by atoms with Crippen molar-refractivity contribution in [2.45, 2.75) is 309 Å². The summed E-state index contributed by atoms with van der Waals surface area (Å²) in [5, 5.41) is 63.0. The Morgan fingerprint density at radius 1 is 0.450 bits per heavy atom. The third kappa shape index (κ3) is 29.0. The standard InChI is InChI=1S/C71H123N16O23P/c1-21-36(8)50(78-53(94)44(28-34(4)5)74-39(11)89)59(100)76-43(25-27-49(73)93)55(96)85-71(20,23-3)63(104)80-51(37(9)22-2)60(101)79-52(38(10)88)61(102)84-67(12,13)62(103)77-45(29-35(6)7)56(97)82-69(16,17)64(105)86-32-40(90)30-46(86)57(98)75-42(24-26-48(72)92)54(95)81-68(14,15)65(106)87-33-41(91)31-47(87)58(99)83-70(18,19)66(107)111(108,109)110/h34-38,40-47,50-52,88,90-91H,21-33H2,1-20H3,(H2,72,92)(H2,73,93)(H,74,89)(H,75,98)(H,76,100)(H,77,103)(H,78,94)(H,79,101)(H,80,104)(H,81,95)(H,82,97)(H,83,99)(H,84,102)(H,85,96)(H2,108,109,110)/t36-,37-,38+,40+,41+,42-,43-,44-,45-,46-,47-,50-,51-,52-,71-/m0/s1. The van der Waals surface area contributed by atoms with Crippen LogP contribution in [0.15, 0.2) is 0 Å². The molecule has 0 spiro atoms. The highest BCUT2D eigenvalue weighted by molar-refractivity contribution is 7.70. The van der Waals surface area contributed by atoms with Gasteiger partial charge in [-0.05, 0) is 125 Å². The Morgan fingerprint density at radius 3 is 1.24 bits per heavy atom. The van der Waals surface area contributed by atoms with Gasteiger partial charge in [0, 0.05) is 45.7 Å². The van der Waals surface area contributed by atoms with Crippen LogP contribution in [0.25, 0.3) is 0 Å². The molecule has 0 aromatic carbocycles. The molecule has 111 heavy (non-hydrogen) atoms. The molecule has 0 aromatic rings. The van der Waals surface area contributed by atoms with Crippen LogP contribution in [-0.4, -0.2) is 248 Å². The van der Waals surface area contributed by atoms with E-state index in [9.17, 15) is 111 Å². The molecule has 2 aliphatic heterocycles. The fourth-order valence-corrected chi connectivity index (χ4v) is 13.1. The molecule has 0 radical (unpaired) electrons. The third-order valence-corrected chi connectivity index (χ3v) is 20.6. The van der Waals surface area contributed by atoms with Gasteiger partial charge in [0.15, 0.2) is 0 Å². The predicted octanol–water partition coefficient (Wildman–Crippen LogP) is -4.01. The summed E-state index contributed by atoms with van der Waals surface area (Å²) in [6.45, 7) is 27.6. The van der Waals surface area contributed by atoms with Crippen molar-refractivity contribution in [3.63, 3.8) is 0 Å². The van der Waals surface area contributed by atoms with E-state index in [1.165, 1.54) is 62.3 Å². The first-order chi connectivity index (χ1) is 50.7. The van der Waals surface area contributed by atoms with Gasteiger partial charge in [-0.25, -0.2) is 0 Å². The lowest BCUT2D eigenvalue weighted by atomic mass is 9.92. The lowest BCUT2D eigenvalue weighted by molar-refractivity contribution is -0.147. The maximum atomic E-state index is 14.6. The van der Waals surface area contributed by atoms with E-state index in [2.05, 4.69) is 63.8 Å². The topological polar surface area (TPSA) is 611 Å². The first-order valence-electron chi connectivity index (χ1n) is 37.3. The van der Waals surface area contributed by atoms with Crippen molar-refractivity contribution in [3.8, 4) is 0 Å². The number of carbonyl (C=O) groups excluding carboxylic acids is 17. The zero-order valence-corrected chi connectivity index (χ0v) is 68.4. The number of likely N-dealkylation sites (tertiary alicyclic amines) is 2. The van der Waals surface area contributed by atoms with Crippen molar-refractivity contribution in [3.05, 3.63) is 0 Å². The zero-order chi connectivity index (χ0) is 85.9. The van der Waals surface area contributed by atoms with Crippen molar-refractivity contribution in [1.29, 1.82) is 0 Å². The minimum Gasteiger partial charge on any atom is -0.391 e. The predicted molar refractivity (Wildman–Crippen MR) is 401 cm³/mol. The molecular formula is C71H123N16O23P. The summed E-state index contributed by atoms with van der Waals surface area (Å²) < 4.78 is 11.8. The average Bonchev–Trinajstić information content (AvgIpc) is 1.69. The van der Waals surface area contributed by atoms with E-state index >= 15 is 0 Å². The van der Waals surface area contributed by atoms with Gasteiger partial charge in [-0.1, -0.05) is 75.2 Å². The van der Waals surface area contributed by atoms with Crippen LogP contribution < -0.4 is 75.3 Å². The highest BCUT2D eigenvalue weighted by Gasteiger charge is 2.51. The summed E-state index contributed by atoms with van der Waals surface area (Å²) in [5.74, 6) is -16.4. The fraction of sp³-hybridized carbons (Fsp3) is 0.761. The molecule has 40 heteroatoms. The molecule has 0 aromatic heterocycles. The number of aliphatic hydroxyl groups excluding tert-OH is 3. The number of nitrogens with one attached hydrogen (secondary N) is 12. The van der Waals surface area contributed by atoms with Crippen LogP contribution in [0.5, 0.6) is 0 Å². The summed E-state index contributed by atoms with van der Waals surface area (Å²) in [4.78, 5) is 254. The Balaban J connectivity index is 2.39. The number of carbonyl (C=O) groups is 17. The number of primary amides is 2. The molecule has 0 bridgehead atoms. The molecule has 630 valence electrons. The van der Waals surface area contributed by atoms with Crippen LogP contribution in [0, 0.1) is 23.7 Å². The fourth-order valence-electron chi connectivity index (χ4n) is 12.3. The summed E-state index contributed by atoms with van der Waals surface area (Å²) in [7, 11) is -5.36. The van der Waals surface area contributed by atoms with E-state index in [0.29, 0.717) is 6.42 Å². The molecule has 21 N–H and O–H groups in total. The van der Waals surface area contributed by atoms with Crippen LogP contribution in [0.2, 0.25) is 0 Å². The highest BCUT2D eigenvalue weighted by Crippen LogP contribution is 2.40. The minimum atomic E-state index is -5.36. The van der Waals surface area contributed by atoms with Crippen LogP contribution in [-0.2, 0) is 86.1 Å². The number of amides is 16. The van der Waals surface area contributed by atoms with Gasteiger partial charge < -0.3 is 110 Å². The van der Waals surface area contributed by atoms with Gasteiger partial charge >= 0.3 is 7.60 Å². The smallest absolute Gasteiger partial charge is 0.391 e. The summed E-state index contributed by atoms with van der Waals surface area (Å²) in [5.41, 5.74) is -0.654. The molecule has 16 amide bonds. The number of hydrogen-bond acceptors (Lipinski definition) is 21. The van der Waals surface area contributed by atoms with Crippen LogP contribution in [0.3, 0.4) is 0 Å². The molecular weight excluding hydrogens is 1480 g/mol. The second-order valence-corrected chi connectivity index (χ2v) is 33.8. The van der Waals surface area contributed by atoms with Crippen molar-refractivity contribution >= 4 is 108 Å². The molecule has 0 unspecified atom stereocenters. The normalized spacial score (nSPS) is 19.4. The van der Waals surface area contributed by atoms with Gasteiger partial charge in [0.05, 0.1) is 18.3 Å². The SMILES string of the molecule is CC[C@H](C)[C@H](NC(=O)[C@H](CC(C)C)NC(C)=O)C(=O)N[C@@H](CCC(N)=O)C(=O)N[C@@](C)(CC)C(=O)N[C@H](C(=O)N[C@H](C(=O)NC(C)(C)C(=O)N[C@@H](CC(C)C)C(=O)NC(C)(C)C(=O)N1C[C@H](O)C[C@H]1C(=O)N[C@@H](CCC(N)=O)C(=O)NC(C)(C)C(=O)N1C[C@H](O)C[C@H]1C(=O)NC(C)(C)C(=O)P(=O)(O)O)[C@@H](C)O)[C@@H](C)CC. The molecule has 2 saturated heterocycles. The van der Waals surface area contributed by atoms with E-state index in [4.69, 9.17) is 11.5 Å². The van der Waals surface area contributed by atoms with E-state index < -0.39 is 265 Å². The Bertz CT molecular complexity index is 3490. The van der Waals surface area contributed by atoms with Crippen molar-refractivity contribution < 1.29 is 111 Å². The number of hydrogen-bond donors (Lipinski definition) is 19. The van der Waals surface area contributed by atoms with E-state index in [-0.39, 0.29) is 43.9 Å². The number of nitrogens with two attached hydrogens (primary N) is 2. The molecule has 0 saturated carbocycles. The summed E-state index contributed by atoms with van der Waals surface area (Å²) in [6.07, 6.45) is -6.31. The average molecular weight is 1600 g/mol. The van der Waals surface area contributed by atoms with Crippen LogP contribution in [0.4, 0.5) is 0 Å². The Labute approximate surface area is 647 Å². The summed E-state index contributed by atoms with van der Waals surface area (Å²) >= 11 is 0. The molecule has 15 atom stereocenters. The van der Waals surface area contributed by atoms with Crippen molar-refractivity contribution in [1.82, 2.24) is 73.6 Å². The van der Waals surface area contributed by atoms with Gasteiger partial charge in [0.25, 0.3) is 5.52 Å². The maximum Gasteiger partial charge on any atom is 0.394 e. The van der Waals surface area contributed by atoms with Crippen molar-refractivity contribution in [2.75, 3.05) is 13.1 Å². The number of nitrogens with zero attached hydrogens (tertiary/aromatic N) is 2. The summed E-state index contributed by atoms with van der Waals surface area (Å²) in [6, 6.07) is -13.3. The van der Waals surface area contributed by atoms with Gasteiger partial charge in [0.1, 0.15) is 82.1 Å². The molecule has 2 heterocycles. The van der Waals surface area contributed by atoms with Crippen LogP contribution >= 0.6 is 7.60 Å². The van der Waals surface area contributed by atoms with E-state index in [0.717, 1.165) is 30.6 Å². The highest BCUT2D eigenvalue weighted by atomic mass is 31.2. The monoisotopic (exact) mass is 1600 g/mol. The first-order valence-corrected chi connectivity index (χ1v) is 38.9. The van der Waals surface area contributed by atoms with Gasteiger partial charge in [-0.3, -0.25) is 86.1 Å². The molecule has 0 aliphatic carbocycles. The molecule has 39 nitrogen and oxygen atoms in total. The van der Waals surface area contributed by atoms with Gasteiger partial charge in [-0.15, -0.1) is 0 Å². The third-order valence-electron chi connectivity index (χ3n) is 19.5. The lowest BCUT2D eigenvalue weighted by Gasteiger charge is -2.36. The Kier molecular flexibility index (Phi) is 36.4. The Morgan fingerprint density at radius 2 is 0.838 bits per heavy atom. The van der Waals surface area contributed by atoms with E-state index in [1.807, 2.05) is 13.8 Å². The van der Waals surface area contributed by atoms with Crippen LogP contribution in [0.1, 0.15) is 209 Å². The maximum absolute atomic E-state index is 14.6. The number of aliphatic hydroxyl groups is 3. The number of rotatable bonds is 43. The Hall–Kier alpha value is -8.78. The molecule has 2 rings (SSSR count). The van der Waals surface area contributed by atoms with Crippen molar-refractivity contribution in [2.24, 2.45) is 35.1 Å².